The van der Waals surface area contributed by atoms with Crippen molar-refractivity contribution in [1.29, 1.82) is 0 Å². The largest absolute Gasteiger partial charge is 0.453 e. The van der Waals surface area contributed by atoms with Crippen LogP contribution in [0.4, 0.5) is 0 Å². The minimum Gasteiger partial charge on any atom is -0.453 e. The summed E-state index contributed by atoms with van der Waals surface area (Å²) < 4.78 is 5.93. The van der Waals surface area contributed by atoms with E-state index in [4.69, 9.17) is 4.74 Å². The Morgan fingerprint density at radius 1 is 0.960 bits per heavy atom. The van der Waals surface area contributed by atoms with E-state index < -0.39 is 17.2 Å². The van der Waals surface area contributed by atoms with Gasteiger partial charge in [-0.15, -0.1) is 0 Å². The lowest BCUT2D eigenvalue weighted by atomic mass is 9.83. The van der Waals surface area contributed by atoms with Crippen molar-refractivity contribution in [3.05, 3.63) is 64.2 Å². The second-order valence-electron chi connectivity index (χ2n) is 7.63. The first kappa shape index (κ1) is 16.3. The van der Waals surface area contributed by atoms with Crippen molar-refractivity contribution in [3.63, 3.8) is 0 Å². The van der Waals surface area contributed by atoms with E-state index in [1.54, 1.807) is 30.3 Å². The summed E-state index contributed by atoms with van der Waals surface area (Å²) in [6, 6.07) is 10.5. The van der Waals surface area contributed by atoms with Crippen molar-refractivity contribution >= 4 is 5.78 Å². The van der Waals surface area contributed by atoms with Crippen LogP contribution in [0.1, 0.15) is 72.1 Å². The van der Waals surface area contributed by atoms with E-state index in [0.29, 0.717) is 22.4 Å². The van der Waals surface area contributed by atoms with Gasteiger partial charge in [-0.3, -0.25) is 4.79 Å². The van der Waals surface area contributed by atoms with E-state index >= 15 is 0 Å². The molecule has 0 spiro atoms. The average Bonchev–Trinajstić information content (AvgIpc) is 2.91. The van der Waals surface area contributed by atoms with Crippen molar-refractivity contribution in [2.75, 3.05) is 0 Å². The summed E-state index contributed by atoms with van der Waals surface area (Å²) in [7, 11) is 0. The number of carbonyl (C=O) groups excluding carboxylic acids is 1. The average molecular weight is 338 g/mol. The molecular formula is C21H22O4. The topological polar surface area (TPSA) is 66.8 Å². The summed E-state index contributed by atoms with van der Waals surface area (Å²) in [6.07, 6.45) is 0. The maximum atomic E-state index is 13.0. The Bertz CT molecular complexity index is 899. The Labute approximate surface area is 147 Å². The summed E-state index contributed by atoms with van der Waals surface area (Å²) in [5.41, 5.74) is 0.778. The van der Waals surface area contributed by atoms with E-state index in [1.807, 2.05) is 19.9 Å². The molecule has 1 aliphatic carbocycles. The fraction of sp³-hybridized carbons (Fsp3) is 0.381. The minimum atomic E-state index is -2.11. The zero-order valence-electron chi connectivity index (χ0n) is 14.8. The van der Waals surface area contributed by atoms with Crippen LogP contribution in [-0.2, 0) is 11.4 Å². The van der Waals surface area contributed by atoms with E-state index in [0.717, 1.165) is 11.1 Å². The van der Waals surface area contributed by atoms with Crippen molar-refractivity contribution in [2.24, 2.45) is 0 Å². The van der Waals surface area contributed by atoms with Crippen LogP contribution in [0.3, 0.4) is 0 Å². The number of ether oxygens (including phenoxy) is 1. The molecule has 4 nitrogen and oxygen atoms in total. The summed E-state index contributed by atoms with van der Waals surface area (Å²) in [5.74, 6) is -1.82. The molecule has 2 aromatic rings. The van der Waals surface area contributed by atoms with Crippen LogP contribution in [0.15, 0.2) is 36.4 Å². The Morgan fingerprint density at radius 2 is 1.64 bits per heavy atom. The molecule has 2 N–H and O–H groups in total. The van der Waals surface area contributed by atoms with Gasteiger partial charge in [0.1, 0.15) is 5.75 Å². The summed E-state index contributed by atoms with van der Waals surface area (Å²) >= 11 is 0. The quantitative estimate of drug-likeness (QED) is 0.879. The molecule has 0 bridgehead atoms. The zero-order chi connectivity index (χ0) is 18.1. The van der Waals surface area contributed by atoms with Crippen LogP contribution in [0.2, 0.25) is 0 Å². The van der Waals surface area contributed by atoms with Crippen molar-refractivity contribution in [1.82, 2.24) is 0 Å². The van der Waals surface area contributed by atoms with Gasteiger partial charge >= 0.3 is 0 Å². The first-order valence-electron chi connectivity index (χ1n) is 8.68. The van der Waals surface area contributed by atoms with E-state index in [-0.39, 0.29) is 11.8 Å². The van der Waals surface area contributed by atoms with Gasteiger partial charge in [-0.1, -0.05) is 58.0 Å². The highest BCUT2D eigenvalue weighted by Gasteiger charge is 2.70. The Morgan fingerprint density at radius 3 is 2.28 bits per heavy atom. The van der Waals surface area contributed by atoms with Crippen molar-refractivity contribution in [2.45, 2.75) is 50.9 Å². The van der Waals surface area contributed by atoms with Gasteiger partial charge in [0.2, 0.25) is 11.4 Å². The third-order valence-corrected chi connectivity index (χ3v) is 5.42. The number of aliphatic hydroxyl groups is 2. The summed E-state index contributed by atoms with van der Waals surface area (Å²) in [6.45, 7) is 8.17. The van der Waals surface area contributed by atoms with Crippen LogP contribution in [0.25, 0.3) is 0 Å². The molecule has 2 atom stereocenters. The predicted molar refractivity (Wildman–Crippen MR) is 93.8 cm³/mol. The molecule has 2 unspecified atom stereocenters. The fourth-order valence-electron chi connectivity index (χ4n) is 3.92. The monoisotopic (exact) mass is 338 g/mol. The molecule has 1 heterocycles. The molecule has 0 radical (unpaired) electrons. The highest BCUT2D eigenvalue weighted by Crippen LogP contribution is 2.59. The number of benzene rings is 2. The highest BCUT2D eigenvalue weighted by atomic mass is 16.7. The fourth-order valence-corrected chi connectivity index (χ4v) is 3.92. The second-order valence-corrected chi connectivity index (χ2v) is 7.63. The summed E-state index contributed by atoms with van der Waals surface area (Å²) in [4.78, 5) is 13.0. The lowest BCUT2D eigenvalue weighted by Gasteiger charge is -2.28. The van der Waals surface area contributed by atoms with Gasteiger partial charge in [0.25, 0.3) is 5.79 Å². The van der Waals surface area contributed by atoms with Gasteiger partial charge < -0.3 is 14.9 Å². The lowest BCUT2D eigenvalue weighted by molar-refractivity contribution is -0.224. The van der Waals surface area contributed by atoms with Gasteiger partial charge in [-0.25, -0.2) is 0 Å². The second kappa shape index (κ2) is 4.93. The van der Waals surface area contributed by atoms with Crippen LogP contribution in [0.5, 0.6) is 5.75 Å². The predicted octanol–water partition coefficient (Wildman–Crippen LogP) is 3.56. The molecule has 1 aliphatic heterocycles. The SMILES string of the molecule is CC(C)c1cc(C(C)C)c2c(c1)C1(O)C(=O)c3ccccc3C1(O)O2. The molecule has 2 aromatic carbocycles. The number of hydrogen-bond donors (Lipinski definition) is 2. The number of fused-ring (bicyclic) bond motifs is 5. The molecule has 0 amide bonds. The molecular weight excluding hydrogens is 316 g/mol. The molecule has 0 fully saturated rings. The highest BCUT2D eigenvalue weighted by molar-refractivity contribution is 6.09. The van der Waals surface area contributed by atoms with Gasteiger partial charge in [0, 0.05) is 16.7 Å². The molecule has 2 aliphatic rings. The lowest BCUT2D eigenvalue weighted by Crippen LogP contribution is -2.48. The van der Waals surface area contributed by atoms with Gasteiger partial charge in [0.05, 0.1) is 0 Å². The van der Waals surface area contributed by atoms with Crippen molar-refractivity contribution < 1.29 is 19.7 Å². The van der Waals surface area contributed by atoms with E-state index in [1.165, 1.54) is 0 Å². The molecule has 4 heteroatoms. The van der Waals surface area contributed by atoms with Gasteiger partial charge in [-0.05, 0) is 29.0 Å². The Balaban J connectivity index is 2.04. The molecule has 0 saturated carbocycles. The Kier molecular flexibility index (Phi) is 3.22. The number of rotatable bonds is 2. The van der Waals surface area contributed by atoms with Crippen LogP contribution < -0.4 is 4.74 Å². The maximum absolute atomic E-state index is 13.0. The molecule has 130 valence electrons. The smallest absolute Gasteiger partial charge is 0.276 e. The standard InChI is InChI=1S/C21H22O4/c1-11(2)13-9-15(12(3)4)18-17(10-13)20(23)19(22)14-7-5-6-8-16(14)21(20,24)25-18/h5-12,23-24H,1-4H3. The Hall–Kier alpha value is -2.17. The van der Waals surface area contributed by atoms with Gasteiger partial charge in [0.15, 0.2) is 0 Å². The van der Waals surface area contributed by atoms with Gasteiger partial charge in [-0.2, -0.15) is 0 Å². The number of Topliss-reactive ketones (excluding diaryl/α,β-unsaturated/α-hetero) is 1. The van der Waals surface area contributed by atoms with Crippen LogP contribution >= 0.6 is 0 Å². The number of hydrogen-bond acceptors (Lipinski definition) is 4. The molecule has 4 rings (SSSR count). The molecule has 0 saturated heterocycles. The van der Waals surface area contributed by atoms with E-state index in [9.17, 15) is 15.0 Å². The molecule has 0 aromatic heterocycles. The third-order valence-electron chi connectivity index (χ3n) is 5.42. The maximum Gasteiger partial charge on any atom is 0.276 e. The first-order chi connectivity index (χ1) is 11.7. The minimum absolute atomic E-state index is 0.129. The summed E-state index contributed by atoms with van der Waals surface area (Å²) in [5, 5.41) is 22.7. The number of carbonyl (C=O) groups is 1. The van der Waals surface area contributed by atoms with E-state index in [2.05, 4.69) is 13.8 Å². The third kappa shape index (κ3) is 1.81. The first-order valence-corrected chi connectivity index (χ1v) is 8.68. The van der Waals surface area contributed by atoms with Crippen LogP contribution in [0, 0.1) is 0 Å². The molecule has 25 heavy (non-hydrogen) atoms. The zero-order valence-corrected chi connectivity index (χ0v) is 14.8. The normalized spacial score (nSPS) is 26.6. The van der Waals surface area contributed by atoms with Crippen LogP contribution in [-0.4, -0.2) is 16.0 Å². The number of ketones is 1. The van der Waals surface area contributed by atoms with Crippen molar-refractivity contribution in [3.8, 4) is 5.75 Å².